The number of amides is 1. The van der Waals surface area contributed by atoms with Crippen LogP contribution in [-0.4, -0.2) is 42.3 Å². The molecule has 1 amide bonds. The quantitative estimate of drug-likeness (QED) is 0.691. The van der Waals surface area contributed by atoms with Crippen molar-refractivity contribution in [3.05, 3.63) is 71.0 Å². The second-order valence-corrected chi connectivity index (χ2v) is 11.7. The molecule has 32 heavy (non-hydrogen) atoms. The van der Waals surface area contributed by atoms with Gasteiger partial charge in [0, 0.05) is 28.7 Å². The van der Waals surface area contributed by atoms with Crippen LogP contribution in [-0.2, 0) is 4.79 Å². The molecule has 0 saturated carbocycles. The average molecular weight is 448 g/mol. The van der Waals surface area contributed by atoms with E-state index in [0.29, 0.717) is 8.58 Å². The molecule has 6 nitrogen and oxygen atoms in total. The molecule has 7 heteroatoms. The van der Waals surface area contributed by atoms with Crippen LogP contribution >= 0.6 is 8.58 Å². The van der Waals surface area contributed by atoms with Crippen LogP contribution in [0.4, 0.5) is 0 Å². The molecule has 0 aromatic carbocycles. The zero-order valence-electron chi connectivity index (χ0n) is 19.5. The van der Waals surface area contributed by atoms with E-state index >= 15 is 0 Å². The van der Waals surface area contributed by atoms with Gasteiger partial charge in [-0.15, -0.1) is 0 Å². The highest BCUT2D eigenvalue weighted by atomic mass is 31.1. The molecule has 1 N–H and O–H groups in total. The lowest BCUT2D eigenvalue weighted by molar-refractivity contribution is -0.123. The summed E-state index contributed by atoms with van der Waals surface area (Å²) in [6.45, 7) is 12.8. The molecule has 2 aromatic heterocycles. The van der Waals surface area contributed by atoms with Crippen LogP contribution < -0.4 is 5.32 Å². The highest BCUT2D eigenvalue weighted by Crippen LogP contribution is 2.45. The Kier molecular flexibility index (Phi) is 4.81. The van der Waals surface area contributed by atoms with Crippen molar-refractivity contribution in [1.29, 1.82) is 0 Å². The van der Waals surface area contributed by atoms with Crippen molar-refractivity contribution in [2.24, 2.45) is 0 Å². The Morgan fingerprint density at radius 2 is 2.00 bits per heavy atom. The summed E-state index contributed by atoms with van der Waals surface area (Å²) in [6, 6.07) is 2.04. The molecule has 2 unspecified atom stereocenters. The topological polar surface area (TPSA) is 62.5 Å². The smallest absolute Gasteiger partial charge is 0.252 e. The first-order valence-electron chi connectivity index (χ1n) is 11.1. The van der Waals surface area contributed by atoms with E-state index in [-0.39, 0.29) is 22.8 Å². The van der Waals surface area contributed by atoms with Gasteiger partial charge >= 0.3 is 0 Å². The average Bonchev–Trinajstić information content (AvgIpc) is 3.09. The van der Waals surface area contributed by atoms with Crippen LogP contribution in [0.3, 0.4) is 0 Å². The third-order valence-corrected chi connectivity index (χ3v) is 7.57. The first-order chi connectivity index (χ1) is 15.0. The van der Waals surface area contributed by atoms with E-state index in [1.807, 2.05) is 41.7 Å². The van der Waals surface area contributed by atoms with E-state index in [1.165, 1.54) is 5.57 Å². The number of hydrogen-bond acceptors (Lipinski definition) is 4. The van der Waals surface area contributed by atoms with Gasteiger partial charge in [0.05, 0.1) is 34.6 Å². The second kappa shape index (κ2) is 7.23. The SMILES string of the molecule is Cc1cn2nc(C3=CC(=O)N4C=C(C5=CC(C)(C)NC(C)(C)C5)C=CC4P3)cc2c(C)n1. The van der Waals surface area contributed by atoms with E-state index in [4.69, 9.17) is 5.10 Å². The number of allylic oxidation sites excluding steroid dienone is 2. The number of aryl methyl sites for hydroxylation is 2. The van der Waals surface area contributed by atoms with Gasteiger partial charge in [-0.1, -0.05) is 26.8 Å². The maximum absolute atomic E-state index is 13.1. The minimum absolute atomic E-state index is 0.00824. The van der Waals surface area contributed by atoms with Gasteiger partial charge in [0.2, 0.25) is 0 Å². The van der Waals surface area contributed by atoms with Crippen LogP contribution in [0.15, 0.2) is 53.9 Å². The fourth-order valence-corrected chi connectivity index (χ4v) is 6.47. The Balaban J connectivity index is 1.46. The van der Waals surface area contributed by atoms with Gasteiger partial charge in [-0.25, -0.2) is 4.52 Å². The molecule has 0 radical (unpaired) electrons. The Morgan fingerprint density at radius 3 is 2.75 bits per heavy atom. The lowest BCUT2D eigenvalue weighted by atomic mass is 9.80. The summed E-state index contributed by atoms with van der Waals surface area (Å²) in [5, 5.41) is 9.42. The molecule has 0 aliphatic carbocycles. The number of carbonyl (C=O) groups is 1. The molecule has 5 rings (SSSR count). The third kappa shape index (κ3) is 3.87. The molecule has 2 aromatic rings. The Bertz CT molecular complexity index is 1260. The van der Waals surface area contributed by atoms with Crippen molar-refractivity contribution in [2.45, 2.75) is 64.8 Å². The predicted molar refractivity (Wildman–Crippen MR) is 131 cm³/mol. The van der Waals surface area contributed by atoms with Gasteiger partial charge in [0.25, 0.3) is 5.91 Å². The van der Waals surface area contributed by atoms with Crippen molar-refractivity contribution in [3.8, 4) is 0 Å². The largest absolute Gasteiger partial charge is 0.304 e. The maximum Gasteiger partial charge on any atom is 0.252 e. The molecule has 5 heterocycles. The van der Waals surface area contributed by atoms with Crippen molar-refractivity contribution >= 4 is 25.3 Å². The van der Waals surface area contributed by atoms with Crippen LogP contribution in [0.25, 0.3) is 10.8 Å². The first-order valence-corrected chi connectivity index (χ1v) is 12.1. The summed E-state index contributed by atoms with van der Waals surface area (Å²) < 4.78 is 1.87. The summed E-state index contributed by atoms with van der Waals surface area (Å²) >= 11 is 0. The van der Waals surface area contributed by atoms with Crippen LogP contribution in [0, 0.1) is 13.8 Å². The second-order valence-electron chi connectivity index (χ2n) is 10.2. The normalized spacial score (nSPS) is 24.9. The fourth-order valence-electron chi connectivity index (χ4n) is 5.14. The lowest BCUT2D eigenvalue weighted by Crippen LogP contribution is -2.54. The molecule has 2 atom stereocenters. The predicted octanol–water partition coefficient (Wildman–Crippen LogP) is 4.46. The van der Waals surface area contributed by atoms with Gasteiger partial charge < -0.3 is 10.2 Å². The van der Waals surface area contributed by atoms with Crippen molar-refractivity contribution < 1.29 is 4.79 Å². The third-order valence-electron chi connectivity index (χ3n) is 6.10. The number of rotatable bonds is 2. The van der Waals surface area contributed by atoms with Crippen molar-refractivity contribution in [1.82, 2.24) is 24.8 Å². The molecule has 0 fully saturated rings. The highest BCUT2D eigenvalue weighted by Gasteiger charge is 2.35. The van der Waals surface area contributed by atoms with Crippen molar-refractivity contribution in [3.63, 3.8) is 0 Å². The molecule has 0 spiro atoms. The Hall–Kier alpha value is -2.56. The first kappa shape index (κ1) is 21.3. The molecule has 3 aliphatic rings. The lowest BCUT2D eigenvalue weighted by Gasteiger charge is -2.42. The van der Waals surface area contributed by atoms with Crippen LogP contribution in [0.1, 0.15) is 51.2 Å². The summed E-state index contributed by atoms with van der Waals surface area (Å²) in [5.41, 5.74) is 6.06. The van der Waals surface area contributed by atoms with E-state index < -0.39 is 0 Å². The minimum Gasteiger partial charge on any atom is -0.304 e. The van der Waals surface area contributed by atoms with Crippen LogP contribution in [0.2, 0.25) is 0 Å². The summed E-state index contributed by atoms with van der Waals surface area (Å²) in [7, 11) is 0.448. The molecule has 3 aliphatic heterocycles. The van der Waals surface area contributed by atoms with Crippen LogP contribution in [0.5, 0.6) is 0 Å². The Morgan fingerprint density at radius 1 is 1.22 bits per heavy atom. The number of nitrogens with one attached hydrogen (secondary N) is 1. The minimum atomic E-state index is -0.0855. The van der Waals surface area contributed by atoms with Gasteiger partial charge in [-0.05, 0) is 65.2 Å². The number of nitrogens with zero attached hydrogens (tertiary/aromatic N) is 4. The standard InChI is InChI=1S/C25H30N5OP/c1-15-13-30-20(16(2)26-15)9-19(27-30)21-10-22(31)29-14-17(7-8-23(29)32-21)18-11-24(3,4)28-25(5,6)12-18/h7-11,13-14,23,28,32H,12H2,1-6H3. The molecule has 0 bridgehead atoms. The van der Waals surface area contributed by atoms with Gasteiger partial charge in [0.15, 0.2) is 0 Å². The van der Waals surface area contributed by atoms with Gasteiger partial charge in [-0.2, -0.15) is 5.10 Å². The molecular weight excluding hydrogens is 417 g/mol. The number of fused-ring (bicyclic) bond motifs is 2. The van der Waals surface area contributed by atoms with Gasteiger partial charge in [0.1, 0.15) is 0 Å². The Labute approximate surface area is 191 Å². The zero-order chi connectivity index (χ0) is 22.8. The van der Waals surface area contributed by atoms with E-state index in [1.54, 1.807) is 6.08 Å². The van der Waals surface area contributed by atoms with Crippen molar-refractivity contribution in [2.75, 3.05) is 0 Å². The highest BCUT2D eigenvalue weighted by molar-refractivity contribution is 7.51. The van der Waals surface area contributed by atoms with Gasteiger partial charge in [-0.3, -0.25) is 9.78 Å². The molecule has 166 valence electrons. The fraction of sp³-hybridized carbons (Fsp3) is 0.400. The number of carbonyl (C=O) groups excluding carboxylic acids is 1. The van der Waals surface area contributed by atoms with E-state index in [2.05, 4.69) is 56.2 Å². The number of hydrogen-bond donors (Lipinski definition) is 1. The summed E-state index contributed by atoms with van der Waals surface area (Å²) in [6.07, 6.45) is 13.3. The summed E-state index contributed by atoms with van der Waals surface area (Å²) in [5.74, 6) is 0.0575. The maximum atomic E-state index is 13.1. The summed E-state index contributed by atoms with van der Waals surface area (Å²) in [4.78, 5) is 19.5. The van der Waals surface area contributed by atoms with E-state index in [9.17, 15) is 4.79 Å². The van der Waals surface area contributed by atoms with E-state index in [0.717, 1.165) is 39.9 Å². The molecule has 0 saturated heterocycles. The zero-order valence-corrected chi connectivity index (χ0v) is 20.5. The molecular formula is C25H30N5OP. The number of aromatic nitrogens is 3. The monoisotopic (exact) mass is 447 g/mol.